The number of nitrogens with zero attached hydrogens (tertiary/aromatic N) is 3. The van der Waals surface area contributed by atoms with Gasteiger partial charge in [0.1, 0.15) is 11.5 Å². The van der Waals surface area contributed by atoms with Crippen LogP contribution in [0.15, 0.2) is 66.7 Å². The molecule has 0 saturated carbocycles. The van der Waals surface area contributed by atoms with Crippen LogP contribution >= 0.6 is 23.7 Å². The lowest BCUT2D eigenvalue weighted by molar-refractivity contribution is 0.0985. The molecule has 1 aliphatic heterocycles. The Hall–Kier alpha value is -3.33. The van der Waals surface area contributed by atoms with Crippen LogP contribution in [0.25, 0.3) is 10.2 Å². The van der Waals surface area contributed by atoms with Gasteiger partial charge < -0.3 is 19.1 Å². The molecule has 0 fully saturated rings. The van der Waals surface area contributed by atoms with Crippen LogP contribution in [0.3, 0.4) is 0 Å². The van der Waals surface area contributed by atoms with Gasteiger partial charge in [0.05, 0.1) is 10.2 Å². The fourth-order valence-electron chi connectivity index (χ4n) is 3.72. The Morgan fingerprint density at radius 2 is 1.71 bits per heavy atom. The number of anilines is 1. The fourth-order valence-corrected chi connectivity index (χ4v) is 4.72. The van der Waals surface area contributed by atoms with Gasteiger partial charge in [0.15, 0.2) is 16.6 Å². The molecule has 1 aromatic heterocycles. The van der Waals surface area contributed by atoms with Crippen LogP contribution in [0.5, 0.6) is 23.0 Å². The predicted octanol–water partition coefficient (Wildman–Crippen LogP) is 5.84. The molecule has 0 radical (unpaired) electrons. The molecule has 0 unspecified atom stereocenters. The van der Waals surface area contributed by atoms with Gasteiger partial charge >= 0.3 is 0 Å². The van der Waals surface area contributed by atoms with Crippen LogP contribution < -0.4 is 19.1 Å². The Morgan fingerprint density at radius 1 is 0.971 bits per heavy atom. The van der Waals surface area contributed by atoms with Crippen molar-refractivity contribution in [1.82, 2.24) is 9.88 Å². The zero-order valence-corrected chi connectivity index (χ0v) is 21.1. The molecular formula is C26H26ClN3O4S. The molecule has 0 aliphatic carbocycles. The normalized spacial score (nSPS) is 12.0. The number of fused-ring (bicyclic) bond motifs is 2. The first-order valence-corrected chi connectivity index (χ1v) is 11.9. The average Bonchev–Trinajstić information content (AvgIpc) is 3.46. The fraction of sp³-hybridized carbons (Fsp3) is 0.231. The van der Waals surface area contributed by atoms with E-state index in [-0.39, 0.29) is 25.1 Å². The van der Waals surface area contributed by atoms with Crippen molar-refractivity contribution in [3.8, 4) is 23.0 Å². The Labute approximate surface area is 214 Å². The predicted molar refractivity (Wildman–Crippen MR) is 141 cm³/mol. The molecule has 0 N–H and O–H groups in total. The molecule has 5 rings (SSSR count). The molecule has 0 saturated heterocycles. The zero-order chi connectivity index (χ0) is 23.5. The summed E-state index contributed by atoms with van der Waals surface area (Å²) in [4.78, 5) is 22.3. The van der Waals surface area contributed by atoms with Gasteiger partial charge in [-0.15, -0.1) is 12.4 Å². The summed E-state index contributed by atoms with van der Waals surface area (Å²) < 4.78 is 17.9. The minimum absolute atomic E-state index is 0. The number of carbonyl (C=O) groups is 1. The van der Waals surface area contributed by atoms with Gasteiger partial charge in [0, 0.05) is 24.2 Å². The van der Waals surface area contributed by atoms with Crippen molar-refractivity contribution in [3.63, 3.8) is 0 Å². The summed E-state index contributed by atoms with van der Waals surface area (Å²) in [5.74, 6) is 2.61. The third kappa shape index (κ3) is 5.67. The number of hydrogen-bond donors (Lipinski definition) is 0. The molecule has 182 valence electrons. The van der Waals surface area contributed by atoms with E-state index in [4.69, 9.17) is 19.2 Å². The van der Waals surface area contributed by atoms with E-state index in [9.17, 15) is 4.79 Å². The Balaban J connectivity index is 0.00000289. The van der Waals surface area contributed by atoms with Crippen molar-refractivity contribution < 1.29 is 19.0 Å². The molecule has 7 nitrogen and oxygen atoms in total. The number of hydrogen-bond acceptors (Lipinski definition) is 7. The molecule has 0 atom stereocenters. The number of ether oxygens (including phenoxy) is 3. The van der Waals surface area contributed by atoms with E-state index < -0.39 is 0 Å². The molecule has 3 aromatic carbocycles. The summed E-state index contributed by atoms with van der Waals surface area (Å²) >= 11 is 1.47. The monoisotopic (exact) mass is 511 g/mol. The second-order valence-corrected chi connectivity index (χ2v) is 9.24. The van der Waals surface area contributed by atoms with Crippen molar-refractivity contribution in [2.45, 2.75) is 6.42 Å². The molecule has 1 aliphatic rings. The number of aromatic nitrogens is 1. The van der Waals surface area contributed by atoms with E-state index in [1.165, 1.54) is 11.3 Å². The first-order valence-electron chi connectivity index (χ1n) is 11.1. The van der Waals surface area contributed by atoms with Gasteiger partial charge in [0.25, 0.3) is 5.91 Å². The van der Waals surface area contributed by atoms with Crippen LogP contribution in [-0.2, 0) is 0 Å². The molecule has 9 heteroatoms. The molecule has 1 amide bonds. The number of rotatable bonds is 8. The van der Waals surface area contributed by atoms with E-state index in [1.54, 1.807) is 11.0 Å². The van der Waals surface area contributed by atoms with Gasteiger partial charge in [0.2, 0.25) is 6.79 Å². The van der Waals surface area contributed by atoms with Gasteiger partial charge in [-0.2, -0.15) is 0 Å². The lowest BCUT2D eigenvalue weighted by atomic mass is 10.2. The van der Waals surface area contributed by atoms with Crippen LogP contribution in [0.4, 0.5) is 5.13 Å². The number of halogens is 1. The van der Waals surface area contributed by atoms with E-state index in [1.807, 2.05) is 74.8 Å². The number of benzene rings is 3. The van der Waals surface area contributed by atoms with Crippen molar-refractivity contribution in [2.24, 2.45) is 0 Å². The van der Waals surface area contributed by atoms with Gasteiger partial charge in [-0.3, -0.25) is 9.69 Å². The van der Waals surface area contributed by atoms with Gasteiger partial charge in [-0.25, -0.2) is 4.98 Å². The van der Waals surface area contributed by atoms with E-state index in [0.29, 0.717) is 34.5 Å². The van der Waals surface area contributed by atoms with Crippen LogP contribution in [0.2, 0.25) is 0 Å². The van der Waals surface area contributed by atoms with Gasteiger partial charge in [-0.1, -0.05) is 35.6 Å². The van der Waals surface area contributed by atoms with Crippen LogP contribution in [0, 0.1) is 0 Å². The molecular weight excluding hydrogens is 486 g/mol. The highest BCUT2D eigenvalue weighted by Gasteiger charge is 2.23. The largest absolute Gasteiger partial charge is 0.457 e. The summed E-state index contributed by atoms with van der Waals surface area (Å²) in [6.07, 6.45) is 0.817. The Morgan fingerprint density at radius 3 is 2.49 bits per heavy atom. The summed E-state index contributed by atoms with van der Waals surface area (Å²) in [5, 5.41) is 0.650. The minimum atomic E-state index is -0.114. The first kappa shape index (κ1) is 24.8. The van der Waals surface area contributed by atoms with E-state index in [2.05, 4.69) is 4.90 Å². The zero-order valence-electron chi connectivity index (χ0n) is 19.5. The quantitative estimate of drug-likeness (QED) is 0.296. The molecule has 35 heavy (non-hydrogen) atoms. The smallest absolute Gasteiger partial charge is 0.260 e. The van der Waals surface area contributed by atoms with Crippen LogP contribution in [0.1, 0.15) is 16.8 Å². The average molecular weight is 512 g/mol. The highest BCUT2D eigenvalue weighted by Crippen LogP contribution is 2.40. The lowest BCUT2D eigenvalue weighted by Crippen LogP contribution is -2.33. The Kier molecular flexibility index (Phi) is 7.75. The third-order valence-electron chi connectivity index (χ3n) is 5.39. The highest BCUT2D eigenvalue weighted by molar-refractivity contribution is 7.22. The molecule has 0 spiro atoms. The maximum Gasteiger partial charge on any atom is 0.260 e. The van der Waals surface area contributed by atoms with Crippen molar-refractivity contribution in [3.05, 3.63) is 72.3 Å². The maximum atomic E-state index is 13.7. The van der Waals surface area contributed by atoms with Crippen molar-refractivity contribution in [1.29, 1.82) is 0 Å². The second-order valence-electron chi connectivity index (χ2n) is 8.23. The molecule has 2 heterocycles. The van der Waals surface area contributed by atoms with Gasteiger partial charge in [-0.05, 0) is 57.4 Å². The highest BCUT2D eigenvalue weighted by atomic mass is 35.5. The van der Waals surface area contributed by atoms with Crippen molar-refractivity contribution >= 4 is 45.0 Å². The number of amides is 1. The minimum Gasteiger partial charge on any atom is -0.457 e. The summed E-state index contributed by atoms with van der Waals surface area (Å²) in [6, 6.07) is 20.6. The topological polar surface area (TPSA) is 64.1 Å². The first-order chi connectivity index (χ1) is 16.6. The Bertz CT molecular complexity index is 1270. The lowest BCUT2D eigenvalue weighted by Gasteiger charge is -2.21. The van der Waals surface area contributed by atoms with E-state index >= 15 is 0 Å². The standard InChI is InChI=1S/C26H25N3O4S.ClH/c1-28(2)12-7-13-29(26-27-21-15-22-23(32-17-31-22)16-24(21)34-26)25(30)18-8-6-11-20(14-18)33-19-9-4-3-5-10-19;/h3-6,8-11,14-16H,7,12-13,17H2,1-2H3;1H. The summed E-state index contributed by atoms with van der Waals surface area (Å²) in [5.41, 5.74) is 1.34. The molecule has 0 bridgehead atoms. The van der Waals surface area contributed by atoms with Crippen LogP contribution in [-0.4, -0.2) is 49.8 Å². The molecule has 4 aromatic rings. The number of thiazole rings is 1. The number of para-hydroxylation sites is 1. The van der Waals surface area contributed by atoms with E-state index in [0.717, 1.165) is 28.9 Å². The third-order valence-corrected chi connectivity index (χ3v) is 6.44. The SMILES string of the molecule is CN(C)CCCN(C(=O)c1cccc(Oc2ccccc2)c1)c1nc2cc3c(cc2s1)OCO3.Cl. The summed E-state index contributed by atoms with van der Waals surface area (Å²) in [6.45, 7) is 1.63. The van der Waals surface area contributed by atoms with Crippen molar-refractivity contribution in [2.75, 3.05) is 38.9 Å². The second kappa shape index (κ2) is 10.9. The summed E-state index contributed by atoms with van der Waals surface area (Å²) in [7, 11) is 4.05. The number of carbonyl (C=O) groups excluding carboxylic acids is 1. The maximum absolute atomic E-state index is 13.7.